The summed E-state index contributed by atoms with van der Waals surface area (Å²) >= 11 is 0. The van der Waals surface area contributed by atoms with Crippen LogP contribution in [0.15, 0.2) is 24.5 Å². The van der Waals surface area contributed by atoms with Crippen molar-refractivity contribution in [1.29, 1.82) is 0 Å². The minimum absolute atomic E-state index is 0.102. The van der Waals surface area contributed by atoms with Crippen molar-refractivity contribution < 1.29 is 4.92 Å². The molecule has 0 aliphatic heterocycles. The number of aromatic nitrogens is 3. The van der Waals surface area contributed by atoms with Crippen LogP contribution in [0.4, 0.5) is 11.4 Å². The molecule has 0 saturated heterocycles. The van der Waals surface area contributed by atoms with Crippen LogP contribution in [-0.4, -0.2) is 26.7 Å². The van der Waals surface area contributed by atoms with Gasteiger partial charge in [0.25, 0.3) is 5.69 Å². The molecule has 19 heavy (non-hydrogen) atoms. The Kier molecular flexibility index (Phi) is 3.46. The number of nitrogens with zero attached hydrogens (tertiary/aromatic N) is 5. The molecule has 0 aliphatic rings. The summed E-state index contributed by atoms with van der Waals surface area (Å²) in [5, 5.41) is 15.1. The minimum atomic E-state index is -0.366. The summed E-state index contributed by atoms with van der Waals surface area (Å²) in [6, 6.07) is 5.18. The fraction of sp³-hybridized carbons (Fsp3) is 0.333. The van der Waals surface area contributed by atoms with Gasteiger partial charge in [-0.15, -0.1) is 0 Å². The molecular weight excluding hydrogens is 246 g/mol. The van der Waals surface area contributed by atoms with E-state index in [1.165, 1.54) is 6.33 Å². The van der Waals surface area contributed by atoms with Gasteiger partial charge < -0.3 is 4.90 Å². The summed E-state index contributed by atoms with van der Waals surface area (Å²) in [4.78, 5) is 16.6. The van der Waals surface area contributed by atoms with Gasteiger partial charge in [0.15, 0.2) is 0 Å². The Labute approximate surface area is 110 Å². The van der Waals surface area contributed by atoms with Crippen LogP contribution in [0.5, 0.6) is 0 Å². The van der Waals surface area contributed by atoms with Crippen LogP contribution in [0.3, 0.4) is 0 Å². The van der Waals surface area contributed by atoms with Gasteiger partial charge in [0, 0.05) is 20.2 Å². The molecule has 0 atom stereocenters. The third-order valence-corrected chi connectivity index (χ3v) is 2.92. The molecule has 1 aromatic carbocycles. The smallest absolute Gasteiger partial charge is 0.292 e. The van der Waals surface area contributed by atoms with Crippen molar-refractivity contribution in [2.75, 3.05) is 11.9 Å². The van der Waals surface area contributed by atoms with Gasteiger partial charge in [0.05, 0.1) is 11.5 Å². The standard InChI is InChI=1S/C12H15N5O2/c1-9-4-5-10(11(6-9)17(18)19)15(2)7-12-13-8-14-16(12)3/h4-6,8H,7H2,1-3H3. The quantitative estimate of drug-likeness (QED) is 0.618. The van der Waals surface area contributed by atoms with E-state index in [2.05, 4.69) is 10.1 Å². The molecule has 0 spiro atoms. The largest absolute Gasteiger partial charge is 0.362 e. The van der Waals surface area contributed by atoms with Crippen LogP contribution < -0.4 is 4.90 Å². The van der Waals surface area contributed by atoms with E-state index in [0.29, 0.717) is 12.2 Å². The first kappa shape index (κ1) is 13.0. The molecule has 2 rings (SSSR count). The normalized spacial score (nSPS) is 10.5. The third-order valence-electron chi connectivity index (χ3n) is 2.92. The van der Waals surface area contributed by atoms with E-state index in [4.69, 9.17) is 0 Å². The highest BCUT2D eigenvalue weighted by Gasteiger charge is 2.18. The lowest BCUT2D eigenvalue weighted by atomic mass is 10.2. The van der Waals surface area contributed by atoms with Gasteiger partial charge in [-0.2, -0.15) is 5.10 Å². The van der Waals surface area contributed by atoms with Gasteiger partial charge in [-0.1, -0.05) is 6.07 Å². The lowest BCUT2D eigenvalue weighted by Gasteiger charge is -2.18. The molecule has 0 amide bonds. The number of nitro benzene ring substituents is 1. The summed E-state index contributed by atoms with van der Waals surface area (Å²) < 4.78 is 1.65. The molecule has 0 saturated carbocycles. The maximum Gasteiger partial charge on any atom is 0.292 e. The van der Waals surface area contributed by atoms with E-state index >= 15 is 0 Å². The van der Waals surface area contributed by atoms with E-state index in [1.807, 2.05) is 13.0 Å². The predicted octanol–water partition coefficient (Wildman–Crippen LogP) is 1.67. The first-order chi connectivity index (χ1) is 8.99. The van der Waals surface area contributed by atoms with Crippen molar-refractivity contribution in [1.82, 2.24) is 14.8 Å². The Hall–Kier alpha value is -2.44. The van der Waals surface area contributed by atoms with Crippen molar-refractivity contribution >= 4 is 11.4 Å². The van der Waals surface area contributed by atoms with Gasteiger partial charge in [0.1, 0.15) is 17.8 Å². The molecule has 2 aromatic rings. The van der Waals surface area contributed by atoms with Crippen molar-refractivity contribution in [3.05, 3.63) is 46.0 Å². The zero-order chi connectivity index (χ0) is 14.0. The first-order valence-electron chi connectivity index (χ1n) is 5.78. The van der Waals surface area contributed by atoms with E-state index in [0.717, 1.165) is 11.4 Å². The second kappa shape index (κ2) is 5.05. The van der Waals surface area contributed by atoms with Crippen LogP contribution in [0.2, 0.25) is 0 Å². The molecule has 0 unspecified atom stereocenters. The monoisotopic (exact) mass is 261 g/mol. The average molecular weight is 261 g/mol. The molecule has 1 aromatic heterocycles. The number of hydrogen-bond donors (Lipinski definition) is 0. The zero-order valence-electron chi connectivity index (χ0n) is 11.1. The Balaban J connectivity index is 2.31. The number of hydrogen-bond acceptors (Lipinski definition) is 5. The highest BCUT2D eigenvalue weighted by Crippen LogP contribution is 2.28. The van der Waals surface area contributed by atoms with Crippen LogP contribution in [0.25, 0.3) is 0 Å². The number of rotatable bonds is 4. The van der Waals surface area contributed by atoms with Crippen molar-refractivity contribution in [2.24, 2.45) is 7.05 Å². The summed E-state index contributed by atoms with van der Waals surface area (Å²) in [7, 11) is 3.59. The Bertz CT molecular complexity index is 608. The summed E-state index contributed by atoms with van der Waals surface area (Å²) in [5.74, 6) is 0.748. The van der Waals surface area contributed by atoms with Crippen molar-refractivity contribution in [2.45, 2.75) is 13.5 Å². The summed E-state index contributed by atoms with van der Waals surface area (Å²) in [6.07, 6.45) is 1.47. The van der Waals surface area contributed by atoms with E-state index < -0.39 is 0 Å². The maximum atomic E-state index is 11.1. The van der Waals surface area contributed by atoms with Gasteiger partial charge in [-0.3, -0.25) is 14.8 Å². The molecule has 0 bridgehead atoms. The highest BCUT2D eigenvalue weighted by atomic mass is 16.6. The number of anilines is 1. The molecule has 0 radical (unpaired) electrons. The zero-order valence-corrected chi connectivity index (χ0v) is 11.1. The van der Waals surface area contributed by atoms with E-state index in [-0.39, 0.29) is 10.6 Å². The van der Waals surface area contributed by atoms with Gasteiger partial charge in [-0.25, -0.2) is 4.98 Å². The lowest BCUT2D eigenvalue weighted by molar-refractivity contribution is -0.384. The lowest BCUT2D eigenvalue weighted by Crippen LogP contribution is -2.20. The van der Waals surface area contributed by atoms with Crippen LogP contribution in [0, 0.1) is 17.0 Å². The predicted molar refractivity (Wildman–Crippen MR) is 70.9 cm³/mol. The van der Waals surface area contributed by atoms with Crippen LogP contribution >= 0.6 is 0 Å². The van der Waals surface area contributed by atoms with Gasteiger partial charge >= 0.3 is 0 Å². The SMILES string of the molecule is Cc1ccc(N(C)Cc2ncnn2C)c([N+](=O)[O-])c1. The number of benzene rings is 1. The second-order valence-electron chi connectivity index (χ2n) is 4.41. The summed E-state index contributed by atoms with van der Waals surface area (Å²) in [5.41, 5.74) is 1.53. The molecule has 0 N–H and O–H groups in total. The molecular formula is C12H15N5O2. The van der Waals surface area contributed by atoms with Crippen LogP contribution in [-0.2, 0) is 13.6 Å². The molecule has 1 heterocycles. The highest BCUT2D eigenvalue weighted by molar-refractivity contribution is 5.63. The fourth-order valence-corrected chi connectivity index (χ4v) is 1.86. The Morgan fingerprint density at radius 2 is 2.21 bits per heavy atom. The first-order valence-corrected chi connectivity index (χ1v) is 5.78. The Morgan fingerprint density at radius 3 is 2.79 bits per heavy atom. The number of nitro groups is 1. The minimum Gasteiger partial charge on any atom is -0.362 e. The van der Waals surface area contributed by atoms with Gasteiger partial charge in [-0.05, 0) is 18.6 Å². The Morgan fingerprint density at radius 1 is 1.47 bits per heavy atom. The molecule has 0 aliphatic carbocycles. The van der Waals surface area contributed by atoms with E-state index in [1.54, 1.807) is 35.8 Å². The fourth-order valence-electron chi connectivity index (χ4n) is 1.86. The van der Waals surface area contributed by atoms with Gasteiger partial charge in [0.2, 0.25) is 0 Å². The third kappa shape index (κ3) is 2.70. The molecule has 7 nitrogen and oxygen atoms in total. The molecule has 0 fully saturated rings. The van der Waals surface area contributed by atoms with Crippen molar-refractivity contribution in [3.8, 4) is 0 Å². The topological polar surface area (TPSA) is 77.1 Å². The van der Waals surface area contributed by atoms with Crippen molar-refractivity contribution in [3.63, 3.8) is 0 Å². The number of aryl methyl sites for hydroxylation is 2. The van der Waals surface area contributed by atoms with Crippen LogP contribution in [0.1, 0.15) is 11.4 Å². The second-order valence-corrected chi connectivity index (χ2v) is 4.41. The average Bonchev–Trinajstić information content (AvgIpc) is 2.74. The van der Waals surface area contributed by atoms with E-state index in [9.17, 15) is 10.1 Å². The maximum absolute atomic E-state index is 11.1. The molecule has 7 heteroatoms. The molecule has 100 valence electrons. The summed E-state index contributed by atoms with van der Waals surface area (Å²) in [6.45, 7) is 2.29.